The molecule has 1 saturated carbocycles. The molecule has 2 atom stereocenters. The molecule has 1 aliphatic carbocycles. The van der Waals surface area contributed by atoms with Crippen LogP contribution in [0.2, 0.25) is 0 Å². The second-order valence-corrected chi connectivity index (χ2v) is 11.9. The maximum absolute atomic E-state index is 14.8. The molecule has 2 N–H and O–H groups in total. The summed E-state index contributed by atoms with van der Waals surface area (Å²) in [6.07, 6.45) is -2.58. The molecule has 5 rings (SSSR count). The fraction of sp³-hybridized carbons (Fsp3) is 0.483. The monoisotopic (exact) mass is 587 g/mol. The second kappa shape index (κ2) is 10.6. The van der Waals surface area contributed by atoms with E-state index in [9.17, 15) is 32.7 Å². The Bertz CT molecular complexity index is 1510. The van der Waals surface area contributed by atoms with Gasteiger partial charge >= 0.3 is 6.09 Å². The van der Waals surface area contributed by atoms with E-state index >= 15 is 0 Å². The topological polar surface area (TPSA) is 127 Å². The van der Waals surface area contributed by atoms with Crippen molar-refractivity contribution >= 4 is 34.8 Å². The number of pyridine rings is 1. The van der Waals surface area contributed by atoms with Gasteiger partial charge in [0, 0.05) is 19.3 Å². The molecular weight excluding hydrogens is 555 g/mol. The van der Waals surface area contributed by atoms with E-state index in [1.165, 1.54) is 42.6 Å². The van der Waals surface area contributed by atoms with Crippen LogP contribution in [-0.2, 0) is 19.7 Å². The highest BCUT2D eigenvalue weighted by Gasteiger charge is 2.53. The highest BCUT2D eigenvalue weighted by atomic mass is 19.3. The van der Waals surface area contributed by atoms with E-state index in [-0.39, 0.29) is 42.9 Å². The molecule has 3 aromatic rings. The van der Waals surface area contributed by atoms with Crippen molar-refractivity contribution in [3.63, 3.8) is 0 Å². The number of phenols is 1. The molecule has 2 aromatic heterocycles. The van der Waals surface area contributed by atoms with Gasteiger partial charge in [-0.15, -0.1) is 0 Å². The van der Waals surface area contributed by atoms with Gasteiger partial charge in [0.15, 0.2) is 0 Å². The van der Waals surface area contributed by atoms with Crippen LogP contribution < -0.4 is 5.32 Å². The fourth-order valence-corrected chi connectivity index (χ4v) is 5.63. The molecule has 1 aliphatic heterocycles. The number of nitrogens with zero attached hydrogens (tertiary/aromatic N) is 4. The summed E-state index contributed by atoms with van der Waals surface area (Å²) in [7, 11) is 0. The summed E-state index contributed by atoms with van der Waals surface area (Å²) in [5.74, 6) is -4.18. The van der Waals surface area contributed by atoms with Crippen LogP contribution in [0.5, 0.6) is 5.75 Å². The number of fused-ring (bicyclic) bond motifs is 1. The number of halogens is 3. The largest absolute Gasteiger partial charge is 0.508 e. The van der Waals surface area contributed by atoms with Crippen LogP contribution in [0.25, 0.3) is 11.0 Å². The molecule has 0 radical (unpaired) electrons. The molecule has 2 fully saturated rings. The zero-order valence-corrected chi connectivity index (χ0v) is 23.4. The van der Waals surface area contributed by atoms with Crippen LogP contribution in [0.3, 0.4) is 0 Å². The number of hydrogen-bond acceptors (Lipinski definition) is 7. The van der Waals surface area contributed by atoms with Crippen molar-refractivity contribution in [2.24, 2.45) is 0 Å². The molecule has 3 heterocycles. The number of aromatic nitrogens is 3. The lowest BCUT2D eigenvalue weighted by atomic mass is 9.67. The number of benzene rings is 1. The number of phenolic OH excluding ortho intramolecular Hbond substituents is 1. The summed E-state index contributed by atoms with van der Waals surface area (Å²) in [5.41, 5.74) is -1.08. The number of likely N-dealkylation sites (tertiary alicyclic amines) is 1. The summed E-state index contributed by atoms with van der Waals surface area (Å²) in [5, 5.41) is 16.4. The average Bonchev–Trinajstić information content (AvgIpc) is 3.51. The smallest absolute Gasteiger partial charge is 0.435 e. The third-order valence-corrected chi connectivity index (χ3v) is 7.72. The molecule has 42 heavy (non-hydrogen) atoms. The predicted octanol–water partition coefficient (Wildman–Crippen LogP) is 4.94. The lowest BCUT2D eigenvalue weighted by molar-refractivity contribution is -0.146. The fourth-order valence-electron chi connectivity index (χ4n) is 5.63. The van der Waals surface area contributed by atoms with Crippen LogP contribution in [-0.4, -0.2) is 73.0 Å². The summed E-state index contributed by atoms with van der Waals surface area (Å²) in [6.45, 7) is 4.80. The Labute approximate surface area is 239 Å². The molecule has 1 aromatic carbocycles. The average molecular weight is 588 g/mol. The molecule has 13 heteroatoms. The van der Waals surface area contributed by atoms with E-state index < -0.39 is 59.9 Å². The Hall–Kier alpha value is -4.16. The minimum absolute atomic E-state index is 0.0501. The third-order valence-electron chi connectivity index (χ3n) is 7.72. The van der Waals surface area contributed by atoms with Crippen LogP contribution in [0.15, 0.2) is 42.6 Å². The first-order valence-electron chi connectivity index (χ1n) is 13.7. The summed E-state index contributed by atoms with van der Waals surface area (Å²) in [4.78, 5) is 45.4. The van der Waals surface area contributed by atoms with Gasteiger partial charge in [0.05, 0.1) is 23.7 Å². The number of alkyl halides is 3. The first-order valence-corrected chi connectivity index (χ1v) is 13.7. The van der Waals surface area contributed by atoms with Gasteiger partial charge in [0.2, 0.25) is 17.7 Å². The molecule has 2 amide bonds. The number of ether oxygens (including phenoxy) is 1. The molecule has 0 unspecified atom stereocenters. The predicted molar refractivity (Wildman–Crippen MR) is 146 cm³/mol. The number of amides is 2. The highest BCUT2D eigenvalue weighted by Crippen LogP contribution is 2.47. The Kier molecular flexibility index (Phi) is 7.40. The quantitative estimate of drug-likeness (QED) is 0.443. The van der Waals surface area contributed by atoms with E-state index in [1.807, 2.05) is 0 Å². The van der Waals surface area contributed by atoms with Gasteiger partial charge < -0.3 is 20.1 Å². The number of hydrogen-bond donors (Lipinski definition) is 2. The maximum atomic E-state index is 14.8. The lowest BCUT2D eigenvalue weighted by Crippen LogP contribution is -2.54. The Morgan fingerprint density at radius 2 is 1.71 bits per heavy atom. The summed E-state index contributed by atoms with van der Waals surface area (Å²) < 4.78 is 49.5. The molecule has 1 saturated heterocycles. The van der Waals surface area contributed by atoms with Crippen molar-refractivity contribution in [1.29, 1.82) is 0 Å². The first-order chi connectivity index (χ1) is 19.7. The second-order valence-electron chi connectivity index (χ2n) is 11.9. The first kappa shape index (κ1) is 29.3. The van der Waals surface area contributed by atoms with Gasteiger partial charge in [-0.25, -0.2) is 22.9 Å². The zero-order chi connectivity index (χ0) is 30.4. The number of anilines is 1. The Morgan fingerprint density at radius 1 is 1.05 bits per heavy atom. The van der Waals surface area contributed by atoms with Crippen LogP contribution in [0, 0.1) is 0 Å². The zero-order valence-electron chi connectivity index (χ0n) is 23.4. The van der Waals surface area contributed by atoms with Crippen molar-refractivity contribution in [2.75, 3.05) is 11.9 Å². The third kappa shape index (κ3) is 5.77. The van der Waals surface area contributed by atoms with Gasteiger partial charge in [-0.1, -0.05) is 12.1 Å². The minimum atomic E-state index is -2.94. The van der Waals surface area contributed by atoms with Crippen molar-refractivity contribution in [1.82, 2.24) is 19.7 Å². The normalized spacial score (nSPS) is 21.7. The van der Waals surface area contributed by atoms with Gasteiger partial charge in [0.1, 0.15) is 34.9 Å². The summed E-state index contributed by atoms with van der Waals surface area (Å²) in [6, 6.07) is 7.51. The van der Waals surface area contributed by atoms with E-state index in [2.05, 4.69) is 15.4 Å². The van der Waals surface area contributed by atoms with E-state index in [0.29, 0.717) is 11.1 Å². The Morgan fingerprint density at radius 3 is 2.36 bits per heavy atom. The molecule has 0 bridgehead atoms. The molecule has 10 nitrogen and oxygen atoms in total. The van der Waals surface area contributed by atoms with E-state index in [1.54, 1.807) is 20.8 Å². The van der Waals surface area contributed by atoms with Crippen molar-refractivity contribution in [3.8, 4) is 5.75 Å². The van der Waals surface area contributed by atoms with Crippen molar-refractivity contribution in [2.45, 2.75) is 82.0 Å². The lowest BCUT2D eigenvalue weighted by Gasteiger charge is -2.42. The molecule has 0 spiro atoms. The minimum Gasteiger partial charge on any atom is -0.508 e. The van der Waals surface area contributed by atoms with Gasteiger partial charge in [0.25, 0.3) is 0 Å². The Balaban J connectivity index is 1.38. The maximum Gasteiger partial charge on any atom is 0.435 e. The van der Waals surface area contributed by atoms with Gasteiger partial charge in [-0.05, 0) is 63.4 Å². The van der Waals surface area contributed by atoms with E-state index in [4.69, 9.17) is 4.74 Å². The number of aromatic hydroxyl groups is 1. The highest BCUT2D eigenvalue weighted by molar-refractivity contribution is 6.00. The standard InChI is InChI=1S/C29H32F3N5O5/c1-27(2,3)42-26(41)37-21-8-9-23(34-20(21)15-33-37)35-24(39)22-14-18(30)16-36(22)25(40)28(10-12-29(31,32)13-11-28)17-4-6-19(38)7-5-17/h4-9,15,18,22,38H,10-14,16H2,1-3H3,(H,34,35,39)/t18-,22-/m1/s1. The SMILES string of the molecule is CC(C)(C)OC(=O)n1ncc2nc(NC(=O)[C@H]3C[C@@H](F)CN3C(=O)C3(c4ccc(O)cc4)CCC(F)(F)CC3)ccc21. The number of rotatable bonds is 4. The van der Waals surface area contributed by atoms with Gasteiger partial charge in [-0.2, -0.15) is 9.78 Å². The van der Waals surface area contributed by atoms with Crippen LogP contribution >= 0.6 is 0 Å². The number of carbonyl (C=O) groups excluding carboxylic acids is 3. The van der Waals surface area contributed by atoms with Gasteiger partial charge in [-0.3, -0.25) is 9.59 Å². The molecule has 224 valence electrons. The van der Waals surface area contributed by atoms with Crippen LogP contribution in [0.4, 0.5) is 23.8 Å². The molecular formula is C29H32F3N5O5. The van der Waals surface area contributed by atoms with E-state index in [0.717, 1.165) is 9.58 Å². The molecule has 2 aliphatic rings. The van der Waals surface area contributed by atoms with Crippen molar-refractivity contribution in [3.05, 3.63) is 48.2 Å². The number of nitrogens with one attached hydrogen (secondary N) is 1. The van der Waals surface area contributed by atoms with Crippen molar-refractivity contribution < 1.29 is 37.4 Å². The summed E-state index contributed by atoms with van der Waals surface area (Å²) >= 11 is 0. The van der Waals surface area contributed by atoms with Crippen LogP contribution in [0.1, 0.15) is 58.4 Å². The number of carbonyl (C=O) groups is 3.